The Morgan fingerprint density at radius 2 is 1.71 bits per heavy atom. The van der Waals surface area contributed by atoms with E-state index in [9.17, 15) is 14.7 Å². The second-order valence-corrected chi connectivity index (χ2v) is 6.21. The molecule has 1 aliphatic heterocycles. The van der Waals surface area contributed by atoms with E-state index in [1.807, 2.05) is 30.3 Å². The standard InChI is InChI=1S/C21H20N2O5/c1-2-6-19-20(25)23(21(26)22-19)13-15(24)14-27-16-9-11-18(12-10-16)28-17-7-4-3-5-8-17/h1,3-5,7-12,15,19,24H,6,13-14H2,(H,22,26). The van der Waals surface area contributed by atoms with Gasteiger partial charge in [0.15, 0.2) is 0 Å². The van der Waals surface area contributed by atoms with Crippen LogP contribution in [-0.2, 0) is 4.79 Å². The molecule has 0 radical (unpaired) electrons. The topological polar surface area (TPSA) is 88.1 Å². The molecule has 2 aromatic carbocycles. The molecule has 1 heterocycles. The Balaban J connectivity index is 1.48. The van der Waals surface area contributed by atoms with Gasteiger partial charge in [-0.1, -0.05) is 18.2 Å². The lowest BCUT2D eigenvalue weighted by atomic mass is 10.2. The number of rotatable bonds is 8. The largest absolute Gasteiger partial charge is 0.491 e. The number of β-amino-alcohol motifs (C(OH)–C–C–N with tert-alkyl or cyclic N) is 1. The van der Waals surface area contributed by atoms with Gasteiger partial charge in [-0.2, -0.15) is 0 Å². The van der Waals surface area contributed by atoms with E-state index >= 15 is 0 Å². The van der Waals surface area contributed by atoms with Crippen LogP contribution >= 0.6 is 0 Å². The molecule has 2 N–H and O–H groups in total. The number of aliphatic hydroxyl groups is 1. The molecule has 3 amide bonds. The van der Waals surface area contributed by atoms with Crippen molar-refractivity contribution in [2.75, 3.05) is 13.2 Å². The summed E-state index contributed by atoms with van der Waals surface area (Å²) in [5.74, 6) is 3.81. The molecule has 0 saturated carbocycles. The molecule has 3 rings (SSSR count). The SMILES string of the molecule is C#CCC1NC(=O)N(CC(O)COc2ccc(Oc3ccccc3)cc2)C1=O. The predicted octanol–water partition coefficient (Wildman–Crippen LogP) is 2.16. The molecule has 2 atom stereocenters. The first kappa shape index (κ1) is 19.3. The van der Waals surface area contributed by atoms with Crippen molar-refractivity contribution in [1.82, 2.24) is 10.2 Å². The van der Waals surface area contributed by atoms with Gasteiger partial charge in [0.25, 0.3) is 5.91 Å². The highest BCUT2D eigenvalue weighted by molar-refractivity contribution is 6.04. The average Bonchev–Trinajstić information content (AvgIpc) is 2.96. The van der Waals surface area contributed by atoms with E-state index in [0.717, 1.165) is 10.6 Å². The normalized spacial score (nSPS) is 17.0. The van der Waals surface area contributed by atoms with Crippen LogP contribution in [0, 0.1) is 12.3 Å². The lowest BCUT2D eigenvalue weighted by molar-refractivity contribution is -0.128. The number of terminal acetylenes is 1. The van der Waals surface area contributed by atoms with Gasteiger partial charge in [-0.05, 0) is 36.4 Å². The Bertz CT molecular complexity index is 861. The van der Waals surface area contributed by atoms with Gasteiger partial charge in [-0.15, -0.1) is 12.3 Å². The van der Waals surface area contributed by atoms with Crippen LogP contribution in [0.25, 0.3) is 0 Å². The highest BCUT2D eigenvalue weighted by atomic mass is 16.5. The van der Waals surface area contributed by atoms with Crippen LogP contribution in [0.4, 0.5) is 4.79 Å². The van der Waals surface area contributed by atoms with E-state index in [-0.39, 0.29) is 19.6 Å². The molecule has 1 aliphatic rings. The first-order valence-corrected chi connectivity index (χ1v) is 8.76. The number of carbonyl (C=O) groups is 2. The maximum absolute atomic E-state index is 12.1. The van der Waals surface area contributed by atoms with Crippen molar-refractivity contribution in [2.24, 2.45) is 0 Å². The molecule has 1 saturated heterocycles. The third-order valence-electron chi connectivity index (χ3n) is 4.07. The lowest BCUT2D eigenvalue weighted by Gasteiger charge is -2.18. The molecule has 7 heteroatoms. The zero-order valence-corrected chi connectivity index (χ0v) is 15.1. The van der Waals surface area contributed by atoms with Crippen LogP contribution in [0.15, 0.2) is 54.6 Å². The molecular weight excluding hydrogens is 360 g/mol. The Morgan fingerprint density at radius 3 is 2.39 bits per heavy atom. The van der Waals surface area contributed by atoms with Crippen LogP contribution in [0.2, 0.25) is 0 Å². The summed E-state index contributed by atoms with van der Waals surface area (Å²) in [6.45, 7) is -0.239. The Hall–Kier alpha value is -3.50. The van der Waals surface area contributed by atoms with Crippen LogP contribution < -0.4 is 14.8 Å². The van der Waals surface area contributed by atoms with Crippen molar-refractivity contribution < 1.29 is 24.2 Å². The summed E-state index contributed by atoms with van der Waals surface area (Å²) in [5, 5.41) is 12.6. The van der Waals surface area contributed by atoms with Gasteiger partial charge in [0, 0.05) is 6.42 Å². The minimum Gasteiger partial charge on any atom is -0.491 e. The van der Waals surface area contributed by atoms with Crippen molar-refractivity contribution in [3.05, 3.63) is 54.6 Å². The molecule has 2 unspecified atom stereocenters. The van der Waals surface area contributed by atoms with Crippen LogP contribution in [0.1, 0.15) is 6.42 Å². The summed E-state index contributed by atoms with van der Waals surface area (Å²) in [7, 11) is 0. The van der Waals surface area contributed by atoms with Gasteiger partial charge in [-0.3, -0.25) is 9.69 Å². The molecule has 0 bridgehead atoms. The second-order valence-electron chi connectivity index (χ2n) is 6.21. The molecule has 0 spiro atoms. The fraction of sp³-hybridized carbons (Fsp3) is 0.238. The van der Waals surface area contributed by atoms with E-state index in [1.54, 1.807) is 24.3 Å². The van der Waals surface area contributed by atoms with E-state index in [4.69, 9.17) is 15.9 Å². The lowest BCUT2D eigenvalue weighted by Crippen LogP contribution is -2.40. The van der Waals surface area contributed by atoms with Crippen molar-refractivity contribution in [1.29, 1.82) is 0 Å². The minimum atomic E-state index is -1.03. The summed E-state index contributed by atoms with van der Waals surface area (Å²) in [4.78, 5) is 24.9. The molecule has 0 aromatic heterocycles. The first-order chi connectivity index (χ1) is 13.6. The molecule has 144 valence electrons. The van der Waals surface area contributed by atoms with Gasteiger partial charge >= 0.3 is 6.03 Å². The number of ether oxygens (including phenoxy) is 2. The number of nitrogens with one attached hydrogen (secondary N) is 1. The zero-order chi connectivity index (χ0) is 19.9. The molecular formula is C21H20N2O5. The molecule has 7 nitrogen and oxygen atoms in total. The number of aliphatic hydroxyl groups excluding tert-OH is 1. The molecule has 28 heavy (non-hydrogen) atoms. The van der Waals surface area contributed by atoms with Gasteiger partial charge in [0.1, 0.15) is 36.0 Å². The summed E-state index contributed by atoms with van der Waals surface area (Å²) < 4.78 is 11.2. The van der Waals surface area contributed by atoms with Crippen LogP contribution in [-0.4, -0.2) is 47.2 Å². The Morgan fingerprint density at radius 1 is 1.07 bits per heavy atom. The number of para-hydroxylation sites is 1. The number of nitrogens with zero attached hydrogens (tertiary/aromatic N) is 1. The highest BCUT2D eigenvalue weighted by Gasteiger charge is 2.38. The smallest absolute Gasteiger partial charge is 0.324 e. The molecule has 2 aromatic rings. The number of urea groups is 1. The monoisotopic (exact) mass is 380 g/mol. The number of carbonyl (C=O) groups excluding carboxylic acids is 2. The summed E-state index contributed by atoms with van der Waals surface area (Å²) >= 11 is 0. The van der Waals surface area contributed by atoms with Gasteiger partial charge in [0.05, 0.1) is 6.54 Å². The maximum Gasteiger partial charge on any atom is 0.324 e. The third kappa shape index (κ3) is 4.81. The van der Waals surface area contributed by atoms with Crippen molar-refractivity contribution >= 4 is 11.9 Å². The van der Waals surface area contributed by atoms with Crippen LogP contribution in [0.5, 0.6) is 17.2 Å². The number of amides is 3. The number of hydrogen-bond donors (Lipinski definition) is 2. The Labute approximate surface area is 162 Å². The minimum absolute atomic E-state index is 0.0737. The van der Waals surface area contributed by atoms with Crippen LogP contribution in [0.3, 0.4) is 0 Å². The summed E-state index contributed by atoms with van der Waals surface area (Å²) in [6, 6.07) is 15.0. The summed E-state index contributed by atoms with van der Waals surface area (Å²) in [6.07, 6.45) is 4.27. The Kier molecular flexibility index (Phi) is 6.14. The zero-order valence-electron chi connectivity index (χ0n) is 15.1. The van der Waals surface area contributed by atoms with E-state index < -0.39 is 24.1 Å². The predicted molar refractivity (Wildman–Crippen MR) is 102 cm³/mol. The van der Waals surface area contributed by atoms with E-state index in [1.165, 1.54) is 0 Å². The molecule has 0 aliphatic carbocycles. The quantitative estimate of drug-likeness (QED) is 0.541. The van der Waals surface area contributed by atoms with E-state index in [0.29, 0.717) is 11.5 Å². The number of imide groups is 1. The fourth-order valence-electron chi connectivity index (χ4n) is 2.69. The second kappa shape index (κ2) is 8.93. The van der Waals surface area contributed by atoms with Gasteiger partial charge < -0.3 is 19.9 Å². The van der Waals surface area contributed by atoms with Crippen molar-refractivity contribution in [2.45, 2.75) is 18.6 Å². The first-order valence-electron chi connectivity index (χ1n) is 8.76. The van der Waals surface area contributed by atoms with Crippen molar-refractivity contribution in [3.63, 3.8) is 0 Å². The van der Waals surface area contributed by atoms with Gasteiger partial charge in [0.2, 0.25) is 0 Å². The number of benzene rings is 2. The fourth-order valence-corrected chi connectivity index (χ4v) is 2.69. The highest BCUT2D eigenvalue weighted by Crippen LogP contribution is 2.23. The third-order valence-corrected chi connectivity index (χ3v) is 4.07. The molecule has 1 fully saturated rings. The van der Waals surface area contributed by atoms with E-state index in [2.05, 4.69) is 11.2 Å². The van der Waals surface area contributed by atoms with Crippen molar-refractivity contribution in [3.8, 4) is 29.6 Å². The van der Waals surface area contributed by atoms with Gasteiger partial charge in [-0.25, -0.2) is 4.79 Å². The number of hydrogen-bond acceptors (Lipinski definition) is 5. The average molecular weight is 380 g/mol. The maximum atomic E-state index is 12.1. The summed E-state index contributed by atoms with van der Waals surface area (Å²) in [5.41, 5.74) is 0.